The Morgan fingerprint density at radius 2 is 0.911 bits per heavy atom. The van der Waals surface area contributed by atoms with Crippen LogP contribution in [-0.4, -0.2) is 44.0 Å². The number of carbonyl (C=O) groups is 2. The van der Waals surface area contributed by atoms with Gasteiger partial charge in [0.1, 0.15) is 6.04 Å². The molecule has 45 heavy (non-hydrogen) atoms. The maximum absolute atomic E-state index is 12.6. The Morgan fingerprint density at radius 1 is 0.578 bits per heavy atom. The first kappa shape index (κ1) is 46.9. The second kappa shape index (κ2) is 35.1. The van der Waals surface area contributed by atoms with Gasteiger partial charge in [0.05, 0.1) is 6.61 Å². The summed E-state index contributed by atoms with van der Waals surface area (Å²) in [5.74, 6) is -0.862. The molecule has 0 radical (unpaired) electrons. The quantitative estimate of drug-likeness (QED) is 0.0374. The fourth-order valence-corrected chi connectivity index (χ4v) is 5.86. The molecule has 0 saturated heterocycles. The molecule has 0 aromatic heterocycles. The topological polar surface area (TPSA) is 125 Å². The molecule has 1 atom stereocenters. The van der Waals surface area contributed by atoms with E-state index in [9.17, 15) is 22.6 Å². The Morgan fingerprint density at radius 3 is 1.27 bits per heavy atom. The van der Waals surface area contributed by atoms with E-state index >= 15 is 0 Å². The number of hydrogen-bond donors (Lipinski definition) is 2. The van der Waals surface area contributed by atoms with Crippen molar-refractivity contribution in [2.45, 2.75) is 200 Å². The van der Waals surface area contributed by atoms with Crippen molar-refractivity contribution in [2.75, 3.05) is 13.2 Å². The molecular weight excluding hydrogens is 599 g/mol. The van der Waals surface area contributed by atoms with E-state index in [1.807, 2.05) is 0 Å². The van der Waals surface area contributed by atoms with Crippen LogP contribution in [0.3, 0.4) is 0 Å². The Kier molecular flexibility index (Phi) is 36.6. The first-order chi connectivity index (χ1) is 21.3. The standard InChI is InChI=1S/C35H70N2O6S.Na/c1-3-5-7-9-11-13-15-17-18-19-20-22-24-26-28-30-34(38)37-33(32-43-44(40,41)42)35(39)36-31-29-27-25-23-21-16-14-12-10-8-6-4-2;/h33H,3-32H2,1-2H3,(H,36,39)(H,37,38)(H,40,41,42);/q;+1/p-1/t33-;/m1./s1. The summed E-state index contributed by atoms with van der Waals surface area (Å²) in [4.78, 5) is 25.0. The minimum absolute atomic E-state index is 0. The third-order valence-electron chi connectivity index (χ3n) is 8.37. The first-order valence-corrected chi connectivity index (χ1v) is 19.8. The van der Waals surface area contributed by atoms with Crippen LogP contribution in [0.4, 0.5) is 0 Å². The maximum Gasteiger partial charge on any atom is 1.00 e. The molecule has 0 heterocycles. The summed E-state index contributed by atoms with van der Waals surface area (Å²) in [6, 6.07) is -1.21. The van der Waals surface area contributed by atoms with E-state index in [0.717, 1.165) is 38.5 Å². The summed E-state index contributed by atoms with van der Waals surface area (Å²) in [5.41, 5.74) is 0. The van der Waals surface area contributed by atoms with Crippen LogP contribution in [0.2, 0.25) is 0 Å². The molecule has 0 aromatic carbocycles. The second-order valence-electron chi connectivity index (χ2n) is 12.7. The van der Waals surface area contributed by atoms with Gasteiger partial charge in [0.15, 0.2) is 0 Å². The van der Waals surface area contributed by atoms with Gasteiger partial charge in [-0.2, -0.15) is 0 Å². The van der Waals surface area contributed by atoms with E-state index in [4.69, 9.17) is 0 Å². The van der Waals surface area contributed by atoms with Crippen molar-refractivity contribution < 1.29 is 56.3 Å². The molecule has 0 rings (SSSR count). The third-order valence-corrected chi connectivity index (χ3v) is 8.79. The van der Waals surface area contributed by atoms with Gasteiger partial charge in [0, 0.05) is 13.0 Å². The Labute approximate surface area is 300 Å². The average molecular weight is 669 g/mol. The van der Waals surface area contributed by atoms with Crippen molar-refractivity contribution in [3.63, 3.8) is 0 Å². The minimum atomic E-state index is -4.96. The number of nitrogens with one attached hydrogen (secondary N) is 2. The number of rotatable bonds is 34. The number of amides is 2. The monoisotopic (exact) mass is 668 g/mol. The van der Waals surface area contributed by atoms with E-state index in [0.29, 0.717) is 13.0 Å². The van der Waals surface area contributed by atoms with Crippen LogP contribution in [-0.2, 0) is 24.2 Å². The van der Waals surface area contributed by atoms with Crippen molar-refractivity contribution in [1.82, 2.24) is 10.6 Å². The summed E-state index contributed by atoms with van der Waals surface area (Å²) in [5, 5.41) is 5.31. The molecule has 0 aromatic rings. The Bertz CT molecular complexity index is 769. The fraction of sp³-hybridized carbons (Fsp3) is 0.943. The van der Waals surface area contributed by atoms with E-state index in [1.54, 1.807) is 0 Å². The van der Waals surface area contributed by atoms with Gasteiger partial charge in [-0.3, -0.25) is 13.8 Å². The summed E-state index contributed by atoms with van der Waals surface area (Å²) in [6.07, 6.45) is 33.4. The molecule has 0 fully saturated rings. The van der Waals surface area contributed by atoms with Gasteiger partial charge < -0.3 is 15.2 Å². The predicted molar refractivity (Wildman–Crippen MR) is 181 cm³/mol. The minimum Gasteiger partial charge on any atom is -0.726 e. The van der Waals surface area contributed by atoms with Crippen LogP contribution in [0.25, 0.3) is 0 Å². The first-order valence-electron chi connectivity index (χ1n) is 18.5. The molecule has 0 saturated carbocycles. The summed E-state index contributed by atoms with van der Waals surface area (Å²) < 4.78 is 37.1. The predicted octanol–water partition coefficient (Wildman–Crippen LogP) is 6.03. The zero-order valence-electron chi connectivity index (χ0n) is 29.6. The van der Waals surface area contributed by atoms with Crippen molar-refractivity contribution in [1.29, 1.82) is 0 Å². The molecule has 0 aliphatic rings. The van der Waals surface area contributed by atoms with E-state index in [2.05, 4.69) is 28.7 Å². The smallest absolute Gasteiger partial charge is 0.726 e. The van der Waals surface area contributed by atoms with Crippen molar-refractivity contribution >= 4 is 22.2 Å². The zero-order valence-corrected chi connectivity index (χ0v) is 32.5. The van der Waals surface area contributed by atoms with Crippen LogP contribution in [0, 0.1) is 0 Å². The molecule has 0 spiro atoms. The molecule has 10 heteroatoms. The van der Waals surface area contributed by atoms with Gasteiger partial charge in [-0.1, -0.05) is 174 Å². The van der Waals surface area contributed by atoms with Crippen LogP contribution >= 0.6 is 0 Å². The summed E-state index contributed by atoms with van der Waals surface area (Å²) in [6.45, 7) is 4.23. The average Bonchev–Trinajstić information content (AvgIpc) is 2.99. The zero-order chi connectivity index (χ0) is 32.6. The second-order valence-corrected chi connectivity index (χ2v) is 13.7. The van der Waals surface area contributed by atoms with Crippen LogP contribution in [0.5, 0.6) is 0 Å². The van der Waals surface area contributed by atoms with Gasteiger partial charge in [-0.25, -0.2) is 8.42 Å². The Balaban J connectivity index is 0. The van der Waals surface area contributed by atoms with E-state index in [-0.39, 0.29) is 41.9 Å². The van der Waals surface area contributed by atoms with Crippen LogP contribution in [0.15, 0.2) is 0 Å². The van der Waals surface area contributed by atoms with Crippen LogP contribution in [0.1, 0.15) is 194 Å². The summed E-state index contributed by atoms with van der Waals surface area (Å²) >= 11 is 0. The van der Waals surface area contributed by atoms with E-state index in [1.165, 1.54) is 128 Å². The molecule has 0 aliphatic carbocycles. The molecule has 0 aliphatic heterocycles. The van der Waals surface area contributed by atoms with Crippen molar-refractivity contribution in [3.8, 4) is 0 Å². The molecule has 262 valence electrons. The van der Waals surface area contributed by atoms with Crippen molar-refractivity contribution in [3.05, 3.63) is 0 Å². The number of hydrogen-bond acceptors (Lipinski definition) is 6. The molecule has 8 nitrogen and oxygen atoms in total. The fourth-order valence-electron chi connectivity index (χ4n) is 5.56. The molecular formula is C35H69N2NaO6S. The third kappa shape index (κ3) is 36.5. The largest absolute Gasteiger partial charge is 1.00 e. The summed E-state index contributed by atoms with van der Waals surface area (Å²) in [7, 11) is -4.96. The Hall–Kier alpha value is -0.190. The molecule has 0 unspecified atom stereocenters. The van der Waals surface area contributed by atoms with Crippen molar-refractivity contribution in [2.24, 2.45) is 0 Å². The van der Waals surface area contributed by atoms with Crippen LogP contribution < -0.4 is 40.2 Å². The van der Waals surface area contributed by atoms with Gasteiger partial charge in [0.25, 0.3) is 0 Å². The molecule has 2 N–H and O–H groups in total. The van der Waals surface area contributed by atoms with Gasteiger partial charge in [-0.05, 0) is 12.8 Å². The van der Waals surface area contributed by atoms with Gasteiger partial charge in [-0.15, -0.1) is 0 Å². The number of carbonyl (C=O) groups excluding carboxylic acids is 2. The van der Waals surface area contributed by atoms with E-state index < -0.39 is 29.0 Å². The maximum atomic E-state index is 12.6. The molecule has 0 bridgehead atoms. The van der Waals surface area contributed by atoms with Gasteiger partial charge >= 0.3 is 29.6 Å². The molecule has 2 amide bonds. The van der Waals surface area contributed by atoms with Gasteiger partial charge in [0.2, 0.25) is 22.2 Å². The SMILES string of the molecule is CCCCCCCCCCCCCCCCCC(=O)N[C@H](COS(=O)(=O)[O-])C(=O)NCCCCCCCCCCCCCC.[Na+]. The number of unbranched alkanes of at least 4 members (excludes halogenated alkanes) is 25. The normalized spacial score (nSPS) is 12.1.